The molecule has 4 rings (SSSR count). The second-order valence-electron chi connectivity index (χ2n) is 8.18. The maximum Gasteiger partial charge on any atom is 0.170 e. The summed E-state index contributed by atoms with van der Waals surface area (Å²) in [6.45, 7) is 6.96. The van der Waals surface area contributed by atoms with Crippen LogP contribution in [-0.2, 0) is 9.47 Å². The molecule has 0 amide bonds. The van der Waals surface area contributed by atoms with E-state index in [2.05, 4.69) is 56.9 Å². The fourth-order valence-electron chi connectivity index (χ4n) is 5.19. The molecular formula is C22H31BrN2O2S. The Hall–Kier alpha value is -0.530. The van der Waals surface area contributed by atoms with Gasteiger partial charge in [-0.05, 0) is 57.8 Å². The lowest BCUT2D eigenvalue weighted by Crippen LogP contribution is -2.54. The molecule has 2 heterocycles. The molecule has 0 aromatic heterocycles. The molecule has 1 saturated carbocycles. The average Bonchev–Trinajstić information content (AvgIpc) is 3.35. The topological polar surface area (TPSA) is 24.9 Å². The van der Waals surface area contributed by atoms with E-state index in [1.54, 1.807) is 0 Å². The van der Waals surface area contributed by atoms with Gasteiger partial charge in [-0.1, -0.05) is 40.3 Å². The SMILES string of the molecule is CCN(C(=S)c1ccc(Br)cc1)C1CC2(CCCC1N1CCCC1)OCCO2. The van der Waals surface area contributed by atoms with Crippen molar-refractivity contribution in [2.45, 2.75) is 63.3 Å². The zero-order valence-corrected chi connectivity index (χ0v) is 19.1. The van der Waals surface area contributed by atoms with Crippen molar-refractivity contribution in [2.75, 3.05) is 32.8 Å². The first-order chi connectivity index (χ1) is 13.6. The van der Waals surface area contributed by atoms with Crippen molar-refractivity contribution in [3.05, 3.63) is 34.3 Å². The molecule has 1 spiro atoms. The summed E-state index contributed by atoms with van der Waals surface area (Å²) in [5, 5.41) is 0. The van der Waals surface area contributed by atoms with E-state index in [4.69, 9.17) is 21.7 Å². The molecule has 2 unspecified atom stereocenters. The van der Waals surface area contributed by atoms with Gasteiger partial charge in [-0.2, -0.15) is 0 Å². The molecular weight excluding hydrogens is 436 g/mol. The van der Waals surface area contributed by atoms with Crippen LogP contribution in [0.15, 0.2) is 28.7 Å². The lowest BCUT2D eigenvalue weighted by molar-refractivity contribution is -0.172. The molecule has 2 saturated heterocycles. The molecule has 4 nitrogen and oxygen atoms in total. The Morgan fingerprint density at radius 2 is 1.86 bits per heavy atom. The van der Waals surface area contributed by atoms with E-state index < -0.39 is 5.79 Å². The molecule has 1 aromatic carbocycles. The average molecular weight is 467 g/mol. The first kappa shape index (κ1) is 20.7. The Kier molecular flexibility index (Phi) is 6.73. The molecule has 0 bridgehead atoms. The minimum atomic E-state index is -0.415. The van der Waals surface area contributed by atoms with Gasteiger partial charge in [-0.25, -0.2) is 0 Å². The molecule has 3 aliphatic rings. The molecule has 6 heteroatoms. The predicted molar refractivity (Wildman–Crippen MR) is 120 cm³/mol. The minimum absolute atomic E-state index is 0.319. The highest BCUT2D eigenvalue weighted by Gasteiger charge is 2.46. The van der Waals surface area contributed by atoms with E-state index >= 15 is 0 Å². The van der Waals surface area contributed by atoms with Gasteiger partial charge in [-0.3, -0.25) is 4.90 Å². The van der Waals surface area contributed by atoms with E-state index in [9.17, 15) is 0 Å². The Balaban J connectivity index is 1.64. The summed E-state index contributed by atoms with van der Waals surface area (Å²) in [7, 11) is 0. The van der Waals surface area contributed by atoms with Gasteiger partial charge in [0.25, 0.3) is 0 Å². The minimum Gasteiger partial charge on any atom is -0.358 e. The van der Waals surface area contributed by atoms with Gasteiger partial charge in [0.2, 0.25) is 0 Å². The second kappa shape index (κ2) is 9.09. The van der Waals surface area contributed by atoms with Crippen LogP contribution < -0.4 is 0 Å². The molecule has 1 aliphatic carbocycles. The molecule has 1 aromatic rings. The van der Waals surface area contributed by atoms with E-state index in [1.165, 1.54) is 32.4 Å². The summed E-state index contributed by atoms with van der Waals surface area (Å²) in [4.78, 5) is 6.09. The van der Waals surface area contributed by atoms with Crippen LogP contribution in [0.3, 0.4) is 0 Å². The Morgan fingerprint density at radius 3 is 2.50 bits per heavy atom. The van der Waals surface area contributed by atoms with Gasteiger partial charge in [-0.15, -0.1) is 0 Å². The molecule has 0 radical (unpaired) electrons. The summed E-state index contributed by atoms with van der Waals surface area (Å²) < 4.78 is 13.4. The number of thiocarbonyl (C=S) groups is 1. The van der Waals surface area contributed by atoms with Crippen molar-refractivity contribution in [1.29, 1.82) is 0 Å². The van der Waals surface area contributed by atoms with Gasteiger partial charge < -0.3 is 14.4 Å². The number of ether oxygens (including phenoxy) is 2. The number of rotatable bonds is 4. The van der Waals surface area contributed by atoms with Crippen molar-refractivity contribution in [2.24, 2.45) is 0 Å². The van der Waals surface area contributed by atoms with Crippen molar-refractivity contribution < 1.29 is 9.47 Å². The lowest BCUT2D eigenvalue weighted by Gasteiger charge is -2.43. The lowest BCUT2D eigenvalue weighted by atomic mass is 9.97. The zero-order valence-electron chi connectivity index (χ0n) is 16.7. The van der Waals surface area contributed by atoms with Gasteiger partial charge >= 0.3 is 0 Å². The number of benzene rings is 1. The number of likely N-dealkylation sites (N-methyl/N-ethyl adjacent to an activating group) is 1. The van der Waals surface area contributed by atoms with Crippen LogP contribution >= 0.6 is 28.1 Å². The third-order valence-electron chi connectivity index (χ3n) is 6.54. The van der Waals surface area contributed by atoms with E-state index in [0.717, 1.165) is 40.8 Å². The number of nitrogens with zero attached hydrogens (tertiary/aromatic N) is 2. The Labute approximate surface area is 182 Å². The summed E-state index contributed by atoms with van der Waals surface area (Å²) in [6.07, 6.45) is 6.86. The first-order valence-corrected chi connectivity index (χ1v) is 11.9. The fraction of sp³-hybridized carbons (Fsp3) is 0.682. The molecule has 3 fully saturated rings. The molecule has 0 N–H and O–H groups in total. The molecule has 154 valence electrons. The molecule has 28 heavy (non-hydrogen) atoms. The first-order valence-electron chi connectivity index (χ1n) is 10.7. The summed E-state index contributed by atoms with van der Waals surface area (Å²) in [5.41, 5.74) is 1.12. The largest absolute Gasteiger partial charge is 0.358 e. The van der Waals surface area contributed by atoms with Gasteiger partial charge in [0.1, 0.15) is 4.99 Å². The van der Waals surface area contributed by atoms with Crippen molar-refractivity contribution in [1.82, 2.24) is 9.80 Å². The second-order valence-corrected chi connectivity index (χ2v) is 9.48. The van der Waals surface area contributed by atoms with Crippen LogP contribution in [0, 0.1) is 0 Å². The van der Waals surface area contributed by atoms with Crippen LogP contribution in [0.4, 0.5) is 0 Å². The highest BCUT2D eigenvalue weighted by Crippen LogP contribution is 2.39. The smallest absolute Gasteiger partial charge is 0.170 e. The summed E-state index contributed by atoms with van der Waals surface area (Å²) >= 11 is 9.54. The third-order valence-corrected chi connectivity index (χ3v) is 7.54. The molecule has 2 aliphatic heterocycles. The van der Waals surface area contributed by atoms with E-state index in [1.807, 2.05) is 0 Å². The standard InChI is InChI=1S/C22H31BrN2O2S/c1-2-25(21(28)17-7-9-18(23)10-8-17)20-16-22(26-14-15-27-22)11-5-6-19(20)24-12-3-4-13-24/h7-10,19-20H,2-6,11-16H2,1H3. The van der Waals surface area contributed by atoms with E-state index in [-0.39, 0.29) is 0 Å². The van der Waals surface area contributed by atoms with Crippen molar-refractivity contribution in [3.63, 3.8) is 0 Å². The van der Waals surface area contributed by atoms with Crippen LogP contribution in [0.5, 0.6) is 0 Å². The number of hydrogen-bond donors (Lipinski definition) is 0. The number of hydrogen-bond acceptors (Lipinski definition) is 4. The fourth-order valence-corrected chi connectivity index (χ4v) is 5.86. The van der Waals surface area contributed by atoms with Crippen LogP contribution in [0.2, 0.25) is 0 Å². The highest BCUT2D eigenvalue weighted by molar-refractivity contribution is 9.10. The Morgan fingerprint density at radius 1 is 1.18 bits per heavy atom. The van der Waals surface area contributed by atoms with Gasteiger partial charge in [0.15, 0.2) is 5.79 Å². The highest BCUT2D eigenvalue weighted by atomic mass is 79.9. The molecule has 2 atom stereocenters. The number of likely N-dealkylation sites (tertiary alicyclic amines) is 1. The zero-order chi connectivity index (χ0) is 19.6. The van der Waals surface area contributed by atoms with Crippen molar-refractivity contribution >= 4 is 33.1 Å². The monoisotopic (exact) mass is 466 g/mol. The Bertz CT molecular complexity index is 672. The van der Waals surface area contributed by atoms with Crippen LogP contribution in [0.1, 0.15) is 51.0 Å². The maximum atomic E-state index is 6.18. The third kappa shape index (κ3) is 4.31. The maximum absolute atomic E-state index is 6.18. The quantitative estimate of drug-likeness (QED) is 0.603. The van der Waals surface area contributed by atoms with E-state index in [0.29, 0.717) is 25.3 Å². The number of halogens is 1. The summed E-state index contributed by atoms with van der Waals surface area (Å²) in [5.74, 6) is -0.415. The normalized spacial score (nSPS) is 27.8. The van der Waals surface area contributed by atoms with Crippen LogP contribution in [0.25, 0.3) is 0 Å². The van der Waals surface area contributed by atoms with Crippen molar-refractivity contribution in [3.8, 4) is 0 Å². The van der Waals surface area contributed by atoms with Gasteiger partial charge in [0.05, 0.1) is 19.3 Å². The van der Waals surface area contributed by atoms with Gasteiger partial charge in [0, 0.05) is 35.5 Å². The predicted octanol–water partition coefficient (Wildman–Crippen LogP) is 4.60. The summed E-state index contributed by atoms with van der Waals surface area (Å²) in [6, 6.07) is 9.23. The van der Waals surface area contributed by atoms with Crippen LogP contribution in [-0.4, -0.2) is 65.5 Å².